The zero-order valence-corrected chi connectivity index (χ0v) is 11.9. The standard InChI is InChI=1S/C14H14BrNS/c15-12-6-8-17-14(12)9-13-11-4-2-1-3-10(11)5-7-16-13/h1-4,6,8,13,16H,5,7,9H2. The fourth-order valence-corrected chi connectivity index (χ4v) is 3.99. The summed E-state index contributed by atoms with van der Waals surface area (Å²) >= 11 is 5.45. The molecule has 0 amide bonds. The molecule has 0 saturated heterocycles. The molecule has 0 fully saturated rings. The van der Waals surface area contributed by atoms with Gasteiger partial charge in [-0.15, -0.1) is 11.3 Å². The van der Waals surface area contributed by atoms with Crippen molar-refractivity contribution in [3.8, 4) is 0 Å². The second kappa shape index (κ2) is 4.92. The highest BCUT2D eigenvalue weighted by Crippen LogP contribution is 2.31. The van der Waals surface area contributed by atoms with E-state index in [4.69, 9.17) is 0 Å². The van der Waals surface area contributed by atoms with Crippen LogP contribution < -0.4 is 5.32 Å². The van der Waals surface area contributed by atoms with Crippen molar-refractivity contribution in [2.45, 2.75) is 18.9 Å². The molecule has 1 atom stereocenters. The molecule has 2 aromatic rings. The topological polar surface area (TPSA) is 12.0 Å². The number of thiophene rings is 1. The van der Waals surface area contributed by atoms with Crippen LogP contribution >= 0.6 is 27.3 Å². The van der Waals surface area contributed by atoms with Crippen LogP contribution in [0.3, 0.4) is 0 Å². The second-order valence-electron chi connectivity index (χ2n) is 4.35. The van der Waals surface area contributed by atoms with E-state index >= 15 is 0 Å². The molecule has 3 rings (SSSR count). The van der Waals surface area contributed by atoms with E-state index in [1.165, 1.54) is 20.5 Å². The molecule has 3 heteroatoms. The lowest BCUT2D eigenvalue weighted by molar-refractivity contribution is 0.505. The normalized spacial score (nSPS) is 19.0. The van der Waals surface area contributed by atoms with Gasteiger partial charge in [-0.05, 0) is 51.5 Å². The quantitative estimate of drug-likeness (QED) is 0.886. The van der Waals surface area contributed by atoms with Crippen LogP contribution in [-0.2, 0) is 12.8 Å². The van der Waals surface area contributed by atoms with Crippen LogP contribution in [0.1, 0.15) is 22.0 Å². The SMILES string of the molecule is Brc1ccsc1CC1NCCc2ccccc21. The van der Waals surface area contributed by atoms with Gasteiger partial charge in [0.15, 0.2) is 0 Å². The third-order valence-corrected chi connectivity index (χ3v) is 5.24. The van der Waals surface area contributed by atoms with Crippen LogP contribution in [0.2, 0.25) is 0 Å². The van der Waals surface area contributed by atoms with E-state index in [9.17, 15) is 0 Å². The smallest absolute Gasteiger partial charge is 0.0372 e. The first-order chi connectivity index (χ1) is 8.34. The minimum Gasteiger partial charge on any atom is -0.309 e. The summed E-state index contributed by atoms with van der Waals surface area (Å²) in [6, 6.07) is 11.4. The minimum absolute atomic E-state index is 0.467. The lowest BCUT2D eigenvalue weighted by Gasteiger charge is -2.26. The Kier molecular flexibility index (Phi) is 3.32. The Morgan fingerprint density at radius 1 is 1.29 bits per heavy atom. The highest BCUT2D eigenvalue weighted by Gasteiger charge is 2.20. The first-order valence-electron chi connectivity index (χ1n) is 5.87. The molecule has 17 heavy (non-hydrogen) atoms. The summed E-state index contributed by atoms with van der Waals surface area (Å²) in [6.07, 6.45) is 2.23. The summed E-state index contributed by atoms with van der Waals surface area (Å²) in [6.45, 7) is 1.09. The van der Waals surface area contributed by atoms with Gasteiger partial charge in [0.25, 0.3) is 0 Å². The van der Waals surface area contributed by atoms with Crippen LogP contribution in [0.5, 0.6) is 0 Å². The van der Waals surface area contributed by atoms with E-state index in [1.807, 2.05) is 11.3 Å². The third kappa shape index (κ3) is 2.32. The molecule has 2 heterocycles. The molecule has 1 aliphatic rings. The molecular weight excluding hydrogens is 294 g/mol. The number of benzene rings is 1. The molecule has 0 aliphatic carbocycles. The second-order valence-corrected chi connectivity index (χ2v) is 6.21. The van der Waals surface area contributed by atoms with Crippen LogP contribution in [0.25, 0.3) is 0 Å². The zero-order valence-electron chi connectivity index (χ0n) is 9.45. The summed E-state index contributed by atoms with van der Waals surface area (Å²) in [4.78, 5) is 1.43. The summed E-state index contributed by atoms with van der Waals surface area (Å²) < 4.78 is 1.24. The molecule has 88 valence electrons. The average molecular weight is 308 g/mol. The maximum Gasteiger partial charge on any atom is 0.0372 e. The molecule has 1 aliphatic heterocycles. The van der Waals surface area contributed by atoms with Gasteiger partial charge in [0, 0.05) is 21.8 Å². The van der Waals surface area contributed by atoms with Crippen molar-refractivity contribution in [3.05, 3.63) is 56.2 Å². The Hall–Kier alpha value is -0.640. The van der Waals surface area contributed by atoms with Crippen LogP contribution in [0.15, 0.2) is 40.2 Å². The van der Waals surface area contributed by atoms with Gasteiger partial charge < -0.3 is 5.32 Å². The maximum atomic E-state index is 3.63. The molecule has 1 aromatic heterocycles. The molecule has 1 nitrogen and oxygen atoms in total. The van der Waals surface area contributed by atoms with Gasteiger partial charge >= 0.3 is 0 Å². The average Bonchev–Trinajstić information content (AvgIpc) is 2.76. The van der Waals surface area contributed by atoms with E-state index in [2.05, 4.69) is 57.0 Å². The largest absolute Gasteiger partial charge is 0.309 e. The van der Waals surface area contributed by atoms with Gasteiger partial charge in [0.2, 0.25) is 0 Å². The summed E-state index contributed by atoms with van der Waals surface area (Å²) in [5.74, 6) is 0. The Bertz CT molecular complexity index is 520. The number of hydrogen-bond donors (Lipinski definition) is 1. The van der Waals surface area contributed by atoms with Gasteiger partial charge in [0.05, 0.1) is 0 Å². The summed E-state index contributed by atoms with van der Waals surface area (Å²) in [5.41, 5.74) is 2.97. The molecular formula is C14H14BrNS. The molecule has 1 aromatic carbocycles. The highest BCUT2D eigenvalue weighted by atomic mass is 79.9. The molecule has 0 bridgehead atoms. The van der Waals surface area contributed by atoms with Gasteiger partial charge in [-0.2, -0.15) is 0 Å². The van der Waals surface area contributed by atoms with Gasteiger partial charge in [-0.25, -0.2) is 0 Å². The van der Waals surface area contributed by atoms with Crippen molar-refractivity contribution >= 4 is 27.3 Å². The summed E-state index contributed by atoms with van der Waals surface area (Å²) in [7, 11) is 0. The predicted molar refractivity (Wildman–Crippen MR) is 76.6 cm³/mol. The fraction of sp³-hybridized carbons (Fsp3) is 0.286. The lowest BCUT2D eigenvalue weighted by atomic mass is 9.92. The monoisotopic (exact) mass is 307 g/mol. The van der Waals surface area contributed by atoms with E-state index in [0.29, 0.717) is 6.04 Å². The van der Waals surface area contributed by atoms with Crippen LogP contribution in [0, 0.1) is 0 Å². The molecule has 0 saturated carbocycles. The first kappa shape index (κ1) is 11.5. The van der Waals surface area contributed by atoms with Gasteiger partial charge in [-0.1, -0.05) is 24.3 Å². The predicted octanol–water partition coefficient (Wildman–Crippen LogP) is 3.94. The van der Waals surface area contributed by atoms with E-state index in [-0.39, 0.29) is 0 Å². The number of nitrogens with one attached hydrogen (secondary N) is 1. The maximum absolute atomic E-state index is 3.63. The molecule has 0 spiro atoms. The van der Waals surface area contributed by atoms with E-state index in [1.54, 1.807) is 0 Å². The van der Waals surface area contributed by atoms with Crippen molar-refractivity contribution < 1.29 is 0 Å². The Balaban J connectivity index is 1.88. The van der Waals surface area contributed by atoms with Crippen molar-refractivity contribution in [3.63, 3.8) is 0 Å². The van der Waals surface area contributed by atoms with Crippen molar-refractivity contribution in [2.75, 3.05) is 6.54 Å². The molecule has 1 N–H and O–H groups in total. The van der Waals surface area contributed by atoms with Crippen molar-refractivity contribution in [2.24, 2.45) is 0 Å². The molecule has 1 unspecified atom stereocenters. The summed E-state index contributed by atoms with van der Waals surface area (Å²) in [5, 5.41) is 5.77. The Labute approximate surface area is 114 Å². The Morgan fingerprint density at radius 2 is 2.18 bits per heavy atom. The van der Waals surface area contributed by atoms with Crippen LogP contribution in [-0.4, -0.2) is 6.54 Å². The molecule has 0 radical (unpaired) electrons. The van der Waals surface area contributed by atoms with E-state index < -0.39 is 0 Å². The first-order valence-corrected chi connectivity index (χ1v) is 7.55. The minimum atomic E-state index is 0.467. The highest BCUT2D eigenvalue weighted by molar-refractivity contribution is 9.10. The van der Waals surface area contributed by atoms with E-state index in [0.717, 1.165) is 19.4 Å². The number of hydrogen-bond acceptors (Lipinski definition) is 2. The lowest BCUT2D eigenvalue weighted by Crippen LogP contribution is -2.31. The number of halogens is 1. The van der Waals surface area contributed by atoms with Crippen molar-refractivity contribution in [1.29, 1.82) is 0 Å². The Morgan fingerprint density at radius 3 is 3.00 bits per heavy atom. The van der Waals surface area contributed by atoms with Crippen molar-refractivity contribution in [1.82, 2.24) is 5.32 Å². The number of fused-ring (bicyclic) bond motifs is 1. The zero-order chi connectivity index (χ0) is 11.7. The van der Waals surface area contributed by atoms with Gasteiger partial charge in [-0.3, -0.25) is 0 Å². The van der Waals surface area contributed by atoms with Crippen LogP contribution in [0.4, 0.5) is 0 Å². The fourth-order valence-electron chi connectivity index (χ4n) is 2.43. The number of rotatable bonds is 2. The third-order valence-electron chi connectivity index (χ3n) is 3.30. The van der Waals surface area contributed by atoms with Gasteiger partial charge in [0.1, 0.15) is 0 Å².